The fourth-order valence-corrected chi connectivity index (χ4v) is 1.61. The molecule has 0 fully saturated rings. The van der Waals surface area contributed by atoms with E-state index < -0.39 is 0 Å². The molecule has 4 heteroatoms. The number of nitrogens with one attached hydrogen (secondary N) is 1. The molecule has 0 aromatic heterocycles. The highest BCUT2D eigenvalue weighted by atomic mass is 16.5. The van der Waals surface area contributed by atoms with Crippen molar-refractivity contribution in [1.29, 1.82) is 0 Å². The van der Waals surface area contributed by atoms with Gasteiger partial charge in [-0.2, -0.15) is 0 Å². The summed E-state index contributed by atoms with van der Waals surface area (Å²) in [6, 6.07) is 14.7. The summed E-state index contributed by atoms with van der Waals surface area (Å²) in [5, 5.41) is 2.79. The van der Waals surface area contributed by atoms with E-state index in [4.69, 9.17) is 10.5 Å². The molecule has 0 unspecified atom stereocenters. The predicted molar refractivity (Wildman–Crippen MR) is 80.8 cm³/mol. The van der Waals surface area contributed by atoms with Gasteiger partial charge in [0.05, 0.1) is 11.4 Å². The van der Waals surface area contributed by atoms with Crippen molar-refractivity contribution < 1.29 is 9.53 Å². The minimum absolute atomic E-state index is 0.0754. The van der Waals surface area contributed by atoms with Crippen LogP contribution in [0.25, 0.3) is 0 Å². The zero-order valence-electron chi connectivity index (χ0n) is 11.6. The fourth-order valence-electron chi connectivity index (χ4n) is 1.61. The molecule has 0 atom stereocenters. The molecule has 0 aliphatic rings. The molecule has 20 heavy (non-hydrogen) atoms. The van der Waals surface area contributed by atoms with Gasteiger partial charge in [0.25, 0.3) is 0 Å². The van der Waals surface area contributed by atoms with Gasteiger partial charge in [-0.05, 0) is 24.3 Å². The second-order valence-electron chi connectivity index (χ2n) is 4.81. The van der Waals surface area contributed by atoms with Crippen LogP contribution in [-0.4, -0.2) is 5.91 Å². The Kier molecular flexibility index (Phi) is 4.25. The van der Waals surface area contributed by atoms with Crippen LogP contribution >= 0.6 is 0 Å². The average molecular weight is 270 g/mol. The highest BCUT2D eigenvalue weighted by Crippen LogP contribution is 2.28. The van der Waals surface area contributed by atoms with Gasteiger partial charge in [-0.1, -0.05) is 32.0 Å². The van der Waals surface area contributed by atoms with E-state index in [1.807, 2.05) is 44.2 Å². The third-order valence-corrected chi connectivity index (χ3v) is 2.79. The zero-order chi connectivity index (χ0) is 14.5. The maximum absolute atomic E-state index is 11.7. The van der Waals surface area contributed by atoms with Crippen LogP contribution in [0.15, 0.2) is 48.5 Å². The van der Waals surface area contributed by atoms with Gasteiger partial charge in [-0.15, -0.1) is 0 Å². The second kappa shape index (κ2) is 6.10. The van der Waals surface area contributed by atoms with Gasteiger partial charge < -0.3 is 15.8 Å². The summed E-state index contributed by atoms with van der Waals surface area (Å²) in [6.07, 6.45) is 0. The number of benzene rings is 2. The quantitative estimate of drug-likeness (QED) is 0.833. The summed E-state index contributed by atoms with van der Waals surface area (Å²) in [4.78, 5) is 11.7. The molecule has 3 N–H and O–H groups in total. The van der Waals surface area contributed by atoms with Gasteiger partial charge in [-0.25, -0.2) is 0 Å². The van der Waals surface area contributed by atoms with Crippen molar-refractivity contribution in [3.63, 3.8) is 0 Å². The summed E-state index contributed by atoms with van der Waals surface area (Å²) in [7, 11) is 0. The lowest BCUT2D eigenvalue weighted by Gasteiger charge is -2.12. The normalized spacial score (nSPS) is 10.3. The van der Waals surface area contributed by atoms with Gasteiger partial charge in [0.15, 0.2) is 0 Å². The number of nitrogens with two attached hydrogens (primary N) is 1. The summed E-state index contributed by atoms with van der Waals surface area (Å²) in [5.41, 5.74) is 6.94. The van der Waals surface area contributed by atoms with Gasteiger partial charge in [0.1, 0.15) is 11.5 Å². The first-order chi connectivity index (χ1) is 9.56. The molecule has 0 spiro atoms. The Hall–Kier alpha value is -2.49. The zero-order valence-corrected chi connectivity index (χ0v) is 11.6. The van der Waals surface area contributed by atoms with E-state index >= 15 is 0 Å². The second-order valence-corrected chi connectivity index (χ2v) is 4.81. The molecule has 0 saturated carbocycles. The van der Waals surface area contributed by atoms with E-state index in [1.165, 1.54) is 0 Å². The topological polar surface area (TPSA) is 64.3 Å². The van der Waals surface area contributed by atoms with Crippen molar-refractivity contribution >= 4 is 17.3 Å². The number of hydrogen-bond acceptors (Lipinski definition) is 3. The molecule has 0 radical (unpaired) electrons. The first-order valence-electron chi connectivity index (χ1n) is 6.49. The van der Waals surface area contributed by atoms with Crippen LogP contribution in [0.2, 0.25) is 0 Å². The molecule has 1 amide bonds. The maximum Gasteiger partial charge on any atom is 0.226 e. The Morgan fingerprint density at radius 2 is 1.80 bits per heavy atom. The van der Waals surface area contributed by atoms with Crippen molar-refractivity contribution in [2.45, 2.75) is 13.8 Å². The lowest BCUT2D eigenvalue weighted by atomic mass is 10.2. The van der Waals surface area contributed by atoms with Crippen LogP contribution in [0.5, 0.6) is 11.5 Å². The molecule has 0 bridgehead atoms. The van der Waals surface area contributed by atoms with Crippen LogP contribution in [0, 0.1) is 5.92 Å². The number of nitrogen functional groups attached to an aromatic ring is 1. The van der Waals surface area contributed by atoms with Crippen LogP contribution in [0.4, 0.5) is 11.4 Å². The first kappa shape index (κ1) is 13.9. The Balaban J connectivity index is 2.18. The molecule has 2 aromatic rings. The SMILES string of the molecule is CC(C)C(=O)Nc1cc(Oc2ccccc2)ccc1N. The smallest absolute Gasteiger partial charge is 0.226 e. The maximum atomic E-state index is 11.7. The number of hydrogen-bond donors (Lipinski definition) is 2. The molecule has 2 rings (SSSR count). The Labute approximate surface area is 118 Å². The number of anilines is 2. The average Bonchev–Trinajstić information content (AvgIpc) is 2.43. The minimum atomic E-state index is -0.104. The standard InChI is InChI=1S/C16H18N2O2/c1-11(2)16(19)18-15-10-13(8-9-14(15)17)20-12-6-4-3-5-7-12/h3-11H,17H2,1-2H3,(H,18,19). The number of rotatable bonds is 4. The number of carbonyl (C=O) groups is 1. The van der Waals surface area contributed by atoms with E-state index in [0.717, 1.165) is 5.75 Å². The van der Waals surface area contributed by atoms with E-state index in [1.54, 1.807) is 18.2 Å². The number of amides is 1. The largest absolute Gasteiger partial charge is 0.457 e. The van der Waals surface area contributed by atoms with Crippen molar-refractivity contribution in [1.82, 2.24) is 0 Å². The van der Waals surface area contributed by atoms with Crippen molar-refractivity contribution in [2.24, 2.45) is 5.92 Å². The molecule has 2 aromatic carbocycles. The highest BCUT2D eigenvalue weighted by Gasteiger charge is 2.10. The molecular formula is C16H18N2O2. The number of carbonyl (C=O) groups excluding carboxylic acids is 1. The first-order valence-corrected chi connectivity index (χ1v) is 6.49. The monoisotopic (exact) mass is 270 g/mol. The van der Waals surface area contributed by atoms with Gasteiger partial charge in [0, 0.05) is 12.0 Å². The number of ether oxygens (including phenoxy) is 1. The van der Waals surface area contributed by atoms with Crippen molar-refractivity contribution in [2.75, 3.05) is 11.1 Å². The van der Waals surface area contributed by atoms with Gasteiger partial charge >= 0.3 is 0 Å². The molecule has 104 valence electrons. The van der Waals surface area contributed by atoms with E-state index in [0.29, 0.717) is 17.1 Å². The number of para-hydroxylation sites is 1. The lowest BCUT2D eigenvalue weighted by Crippen LogP contribution is -2.18. The fraction of sp³-hybridized carbons (Fsp3) is 0.188. The molecular weight excluding hydrogens is 252 g/mol. The van der Waals surface area contributed by atoms with Crippen molar-refractivity contribution in [3.05, 3.63) is 48.5 Å². The summed E-state index contributed by atoms with van der Waals surface area (Å²) >= 11 is 0. The molecule has 0 saturated heterocycles. The van der Waals surface area contributed by atoms with E-state index in [2.05, 4.69) is 5.32 Å². The van der Waals surface area contributed by atoms with Crippen LogP contribution in [0.3, 0.4) is 0 Å². The Morgan fingerprint density at radius 1 is 1.10 bits per heavy atom. The minimum Gasteiger partial charge on any atom is -0.457 e. The predicted octanol–water partition coefficient (Wildman–Crippen LogP) is 3.66. The molecule has 0 aliphatic carbocycles. The van der Waals surface area contributed by atoms with E-state index in [9.17, 15) is 4.79 Å². The van der Waals surface area contributed by atoms with Crippen molar-refractivity contribution in [3.8, 4) is 11.5 Å². The Bertz CT molecular complexity index is 595. The molecule has 0 heterocycles. The summed E-state index contributed by atoms with van der Waals surface area (Å²) < 4.78 is 5.71. The molecule has 4 nitrogen and oxygen atoms in total. The van der Waals surface area contributed by atoms with Crippen LogP contribution in [0.1, 0.15) is 13.8 Å². The summed E-state index contributed by atoms with van der Waals surface area (Å²) in [5.74, 6) is 1.18. The van der Waals surface area contributed by atoms with Crippen LogP contribution < -0.4 is 15.8 Å². The van der Waals surface area contributed by atoms with Gasteiger partial charge in [0.2, 0.25) is 5.91 Å². The molecule has 0 aliphatic heterocycles. The van der Waals surface area contributed by atoms with Crippen LogP contribution in [-0.2, 0) is 4.79 Å². The van der Waals surface area contributed by atoms with Gasteiger partial charge in [-0.3, -0.25) is 4.79 Å². The highest BCUT2D eigenvalue weighted by molar-refractivity contribution is 5.95. The third-order valence-electron chi connectivity index (χ3n) is 2.79. The Morgan fingerprint density at radius 3 is 2.45 bits per heavy atom. The van der Waals surface area contributed by atoms with E-state index in [-0.39, 0.29) is 11.8 Å². The third kappa shape index (κ3) is 3.51. The summed E-state index contributed by atoms with van der Waals surface area (Å²) in [6.45, 7) is 3.66. The lowest BCUT2D eigenvalue weighted by molar-refractivity contribution is -0.118.